The molecule has 31 heavy (non-hydrogen) atoms. The Hall–Kier alpha value is -2.97. The highest BCUT2D eigenvalue weighted by Gasteiger charge is 2.19. The maximum absolute atomic E-state index is 13.4. The number of fused-ring (bicyclic) bond motifs is 1. The molecule has 0 spiro atoms. The number of halogens is 1. The minimum absolute atomic E-state index is 0.211. The summed E-state index contributed by atoms with van der Waals surface area (Å²) >= 11 is 4.71. The summed E-state index contributed by atoms with van der Waals surface area (Å²) in [6, 6.07) is 12.8. The Balaban J connectivity index is 1.81. The molecule has 4 aromatic rings. The number of rotatable bonds is 4. The van der Waals surface area contributed by atoms with Gasteiger partial charge in [-0.1, -0.05) is 23.8 Å². The number of amides is 1. The number of anilines is 1. The van der Waals surface area contributed by atoms with Gasteiger partial charge in [0, 0.05) is 4.47 Å². The number of carbonyl (C=O) groups excluding carboxylic acids is 1. The van der Waals surface area contributed by atoms with E-state index in [-0.39, 0.29) is 18.0 Å². The van der Waals surface area contributed by atoms with Crippen molar-refractivity contribution in [1.82, 2.24) is 9.13 Å². The van der Waals surface area contributed by atoms with Crippen LogP contribution in [0, 0.1) is 20.8 Å². The fourth-order valence-corrected chi connectivity index (χ4v) is 4.98. The van der Waals surface area contributed by atoms with Crippen molar-refractivity contribution in [2.45, 2.75) is 27.3 Å². The lowest BCUT2D eigenvalue weighted by Gasteiger charge is -2.14. The van der Waals surface area contributed by atoms with Crippen molar-refractivity contribution in [2.24, 2.45) is 0 Å². The highest BCUT2D eigenvalue weighted by molar-refractivity contribution is 9.10. The number of aryl methyl sites for hydroxylation is 3. The lowest BCUT2D eigenvalue weighted by Crippen LogP contribution is -2.40. The number of hydrogen-bond donors (Lipinski definition) is 1. The summed E-state index contributed by atoms with van der Waals surface area (Å²) in [5.41, 5.74) is 3.59. The summed E-state index contributed by atoms with van der Waals surface area (Å²) in [4.78, 5) is 39.3. The minimum Gasteiger partial charge on any atom is -0.324 e. The molecule has 0 aliphatic carbocycles. The van der Waals surface area contributed by atoms with Gasteiger partial charge in [-0.3, -0.25) is 14.2 Å². The third kappa shape index (κ3) is 4.00. The monoisotopic (exact) mass is 497 g/mol. The third-order valence-corrected chi connectivity index (χ3v) is 6.60. The van der Waals surface area contributed by atoms with Gasteiger partial charge in [-0.15, -0.1) is 11.3 Å². The summed E-state index contributed by atoms with van der Waals surface area (Å²) in [5, 5.41) is 4.59. The number of aromatic nitrogens is 2. The van der Waals surface area contributed by atoms with Gasteiger partial charge in [0.2, 0.25) is 5.91 Å². The van der Waals surface area contributed by atoms with Gasteiger partial charge in [0.25, 0.3) is 5.56 Å². The largest absolute Gasteiger partial charge is 0.336 e. The second-order valence-electron chi connectivity index (χ2n) is 7.47. The summed E-state index contributed by atoms with van der Waals surface area (Å²) in [5.74, 6) is -0.356. The van der Waals surface area contributed by atoms with Crippen molar-refractivity contribution < 1.29 is 4.79 Å². The van der Waals surface area contributed by atoms with E-state index in [9.17, 15) is 14.4 Å². The molecule has 0 unspecified atom stereocenters. The number of benzene rings is 2. The van der Waals surface area contributed by atoms with Crippen LogP contribution >= 0.6 is 27.3 Å². The van der Waals surface area contributed by atoms with Crippen LogP contribution in [0.1, 0.15) is 16.7 Å². The van der Waals surface area contributed by atoms with E-state index in [2.05, 4.69) is 21.2 Å². The van der Waals surface area contributed by atoms with Gasteiger partial charge in [0.1, 0.15) is 11.2 Å². The number of thiophene rings is 1. The van der Waals surface area contributed by atoms with Crippen LogP contribution in [0.25, 0.3) is 15.9 Å². The first-order valence-corrected chi connectivity index (χ1v) is 11.3. The van der Waals surface area contributed by atoms with Crippen molar-refractivity contribution in [3.05, 3.63) is 89.8 Å². The van der Waals surface area contributed by atoms with Gasteiger partial charge in [-0.05, 0) is 77.5 Å². The second-order valence-corrected chi connectivity index (χ2v) is 9.24. The third-order valence-electron chi connectivity index (χ3n) is 5.05. The molecule has 2 heterocycles. The summed E-state index contributed by atoms with van der Waals surface area (Å²) in [6.07, 6.45) is 0. The molecule has 6 nitrogen and oxygen atoms in total. The Labute approximate surface area is 190 Å². The average Bonchev–Trinajstić information content (AvgIpc) is 3.19. The van der Waals surface area contributed by atoms with E-state index in [1.807, 2.05) is 45.0 Å². The van der Waals surface area contributed by atoms with Crippen LogP contribution in [0.2, 0.25) is 0 Å². The van der Waals surface area contributed by atoms with E-state index in [1.54, 1.807) is 23.6 Å². The van der Waals surface area contributed by atoms with Gasteiger partial charge in [0.05, 0.1) is 16.9 Å². The van der Waals surface area contributed by atoms with Gasteiger partial charge in [0.15, 0.2) is 0 Å². The summed E-state index contributed by atoms with van der Waals surface area (Å²) < 4.78 is 3.70. The SMILES string of the molecule is Cc1ccc(-n2c(=O)c3sccc3n(CC(=O)Nc3ccc(C)cc3Br)c2=O)c(C)c1. The van der Waals surface area contributed by atoms with E-state index in [1.165, 1.54) is 15.9 Å². The molecule has 0 fully saturated rings. The van der Waals surface area contributed by atoms with Crippen molar-refractivity contribution in [1.29, 1.82) is 0 Å². The van der Waals surface area contributed by atoms with Gasteiger partial charge < -0.3 is 5.32 Å². The molecule has 0 saturated carbocycles. The lowest BCUT2D eigenvalue weighted by molar-refractivity contribution is -0.116. The van der Waals surface area contributed by atoms with E-state index < -0.39 is 5.69 Å². The molecule has 1 N–H and O–H groups in total. The normalized spacial score (nSPS) is 11.1. The van der Waals surface area contributed by atoms with Crippen molar-refractivity contribution in [2.75, 3.05) is 5.32 Å². The predicted octanol–water partition coefficient (Wildman–Crippen LogP) is 4.54. The molecule has 2 aromatic heterocycles. The molecular formula is C23H20BrN3O3S. The highest BCUT2D eigenvalue weighted by atomic mass is 79.9. The molecule has 2 aromatic carbocycles. The highest BCUT2D eigenvalue weighted by Crippen LogP contribution is 2.24. The Morgan fingerprint density at radius 3 is 2.45 bits per heavy atom. The number of hydrogen-bond acceptors (Lipinski definition) is 4. The van der Waals surface area contributed by atoms with Crippen molar-refractivity contribution >= 4 is 49.1 Å². The molecular weight excluding hydrogens is 478 g/mol. The molecule has 0 aliphatic heterocycles. The first-order valence-electron chi connectivity index (χ1n) is 9.63. The maximum Gasteiger partial charge on any atom is 0.336 e. The number of nitrogens with zero attached hydrogens (tertiary/aromatic N) is 2. The first-order chi connectivity index (χ1) is 14.8. The Morgan fingerprint density at radius 2 is 1.74 bits per heavy atom. The zero-order valence-electron chi connectivity index (χ0n) is 17.2. The standard InChI is InChI=1S/C23H20BrN3O3S/c1-13-5-7-18(15(3)10-13)27-22(29)21-19(8-9-31-21)26(23(27)30)12-20(28)25-17-6-4-14(2)11-16(17)24/h4-11H,12H2,1-3H3,(H,25,28). The fraction of sp³-hybridized carbons (Fsp3) is 0.174. The number of carbonyl (C=O) groups is 1. The van der Waals surface area contributed by atoms with Crippen molar-refractivity contribution in [3.8, 4) is 5.69 Å². The Morgan fingerprint density at radius 1 is 1.03 bits per heavy atom. The Kier molecular flexibility index (Phi) is 5.68. The van der Waals surface area contributed by atoms with E-state index in [4.69, 9.17) is 0 Å². The summed E-state index contributed by atoms with van der Waals surface area (Å²) in [6.45, 7) is 5.56. The van der Waals surface area contributed by atoms with E-state index >= 15 is 0 Å². The molecule has 158 valence electrons. The van der Waals surface area contributed by atoms with Crippen molar-refractivity contribution in [3.63, 3.8) is 0 Å². The topological polar surface area (TPSA) is 73.1 Å². The lowest BCUT2D eigenvalue weighted by atomic mass is 10.1. The van der Waals surface area contributed by atoms with Gasteiger partial charge in [-0.25, -0.2) is 9.36 Å². The fourth-order valence-electron chi connectivity index (χ4n) is 3.56. The van der Waals surface area contributed by atoms with Crippen LogP contribution in [-0.2, 0) is 11.3 Å². The number of nitrogens with one attached hydrogen (secondary N) is 1. The molecule has 0 aliphatic rings. The maximum atomic E-state index is 13.4. The van der Waals surface area contributed by atoms with Crippen LogP contribution in [0.5, 0.6) is 0 Å². The molecule has 8 heteroatoms. The smallest absolute Gasteiger partial charge is 0.324 e. The van der Waals surface area contributed by atoms with Gasteiger partial charge in [-0.2, -0.15) is 0 Å². The Bertz CT molecular complexity index is 1450. The van der Waals surface area contributed by atoms with Crippen LogP contribution in [0.4, 0.5) is 5.69 Å². The van der Waals surface area contributed by atoms with E-state index in [0.717, 1.165) is 25.7 Å². The zero-order chi connectivity index (χ0) is 22.3. The predicted molar refractivity (Wildman–Crippen MR) is 129 cm³/mol. The summed E-state index contributed by atoms with van der Waals surface area (Å²) in [7, 11) is 0. The quantitative estimate of drug-likeness (QED) is 0.449. The molecule has 0 atom stereocenters. The van der Waals surface area contributed by atoms with Crippen LogP contribution < -0.4 is 16.6 Å². The minimum atomic E-state index is -0.541. The van der Waals surface area contributed by atoms with Gasteiger partial charge >= 0.3 is 5.69 Å². The first kappa shape index (κ1) is 21.3. The molecule has 0 radical (unpaired) electrons. The van der Waals surface area contributed by atoms with Crippen LogP contribution in [0.15, 0.2) is 61.9 Å². The van der Waals surface area contributed by atoms with Crippen LogP contribution in [0.3, 0.4) is 0 Å². The second kappa shape index (κ2) is 8.28. The van der Waals surface area contributed by atoms with Crippen LogP contribution in [-0.4, -0.2) is 15.0 Å². The average molecular weight is 498 g/mol. The zero-order valence-corrected chi connectivity index (χ0v) is 19.6. The molecule has 4 rings (SSSR count). The molecule has 1 amide bonds. The molecule has 0 bridgehead atoms. The molecule has 0 saturated heterocycles. The van der Waals surface area contributed by atoms with E-state index in [0.29, 0.717) is 21.6 Å².